The van der Waals surface area contributed by atoms with Gasteiger partial charge in [-0.1, -0.05) is 11.8 Å². The van der Waals surface area contributed by atoms with Gasteiger partial charge in [0.05, 0.1) is 5.75 Å². The number of anilines is 2. The molecule has 1 aromatic rings. The van der Waals surface area contributed by atoms with Gasteiger partial charge in [0.2, 0.25) is 5.91 Å². The van der Waals surface area contributed by atoms with Crippen LogP contribution in [0.5, 0.6) is 0 Å². The Kier molecular flexibility index (Phi) is 7.23. The number of hydrogen-bond acceptors (Lipinski definition) is 6. The molecule has 1 heterocycles. The number of carbonyl (C=O) groups is 4. The van der Waals surface area contributed by atoms with E-state index in [9.17, 15) is 19.2 Å². The van der Waals surface area contributed by atoms with Crippen molar-refractivity contribution in [1.82, 2.24) is 10.2 Å². The van der Waals surface area contributed by atoms with Crippen LogP contribution in [0.3, 0.4) is 0 Å². The first-order valence-corrected chi connectivity index (χ1v) is 9.77. The van der Waals surface area contributed by atoms with Crippen LogP contribution < -0.4 is 15.5 Å². The van der Waals surface area contributed by atoms with Gasteiger partial charge in [-0.25, -0.2) is 0 Å². The number of imide groups is 1. The van der Waals surface area contributed by atoms with Crippen molar-refractivity contribution >= 4 is 46.1 Å². The average molecular weight is 392 g/mol. The second kappa shape index (κ2) is 9.40. The largest absolute Gasteiger partial charge is 0.372 e. The summed E-state index contributed by atoms with van der Waals surface area (Å²) >= 11 is 0.930. The van der Waals surface area contributed by atoms with Crippen LogP contribution in [0.15, 0.2) is 18.2 Å². The van der Waals surface area contributed by atoms with Crippen molar-refractivity contribution in [3.05, 3.63) is 23.8 Å². The first-order valence-electron chi connectivity index (χ1n) is 8.79. The quantitative estimate of drug-likeness (QED) is 0.684. The number of carbonyl (C=O) groups excluding carboxylic acids is 4. The van der Waals surface area contributed by atoms with Crippen LogP contribution in [-0.2, 0) is 14.4 Å². The number of nitrogens with one attached hydrogen (secondary N) is 2. The third-order valence-corrected chi connectivity index (χ3v) is 5.11. The van der Waals surface area contributed by atoms with E-state index < -0.39 is 11.8 Å². The van der Waals surface area contributed by atoms with Crippen molar-refractivity contribution in [3.8, 4) is 0 Å². The topological polar surface area (TPSA) is 98.8 Å². The first kappa shape index (κ1) is 20.8. The minimum absolute atomic E-state index is 0.0319. The first-order chi connectivity index (χ1) is 12.9. The lowest BCUT2D eigenvalue weighted by Crippen LogP contribution is -2.41. The van der Waals surface area contributed by atoms with Crippen LogP contribution in [-0.4, -0.2) is 59.8 Å². The van der Waals surface area contributed by atoms with Crippen LogP contribution in [0.25, 0.3) is 0 Å². The fourth-order valence-electron chi connectivity index (χ4n) is 2.71. The number of aryl methyl sites for hydroxylation is 1. The molecule has 1 aliphatic heterocycles. The van der Waals surface area contributed by atoms with Crippen LogP contribution in [0.4, 0.5) is 16.2 Å². The molecule has 0 bridgehead atoms. The molecule has 146 valence electrons. The highest BCUT2D eigenvalue weighted by Crippen LogP contribution is 2.22. The summed E-state index contributed by atoms with van der Waals surface area (Å²) < 4.78 is 0. The number of nitrogens with zero attached hydrogens (tertiary/aromatic N) is 2. The van der Waals surface area contributed by atoms with Crippen molar-refractivity contribution < 1.29 is 19.2 Å². The van der Waals surface area contributed by atoms with Crippen LogP contribution in [0.2, 0.25) is 0 Å². The minimum Gasteiger partial charge on any atom is -0.372 e. The van der Waals surface area contributed by atoms with Gasteiger partial charge < -0.3 is 15.5 Å². The molecular formula is C18H24N4O4S. The second-order valence-electron chi connectivity index (χ2n) is 5.98. The van der Waals surface area contributed by atoms with Crippen molar-refractivity contribution in [3.63, 3.8) is 0 Å². The standard InChI is InChI=1S/C18H24N4O4S/c1-4-21(5-2)13-6-7-14(12(3)10-13)20-17(25)16(24)19-8-9-22-15(23)11-27-18(22)26/h6-7,10H,4-5,8-9,11H2,1-3H3,(H,19,24)(H,20,25). The Balaban J connectivity index is 1.87. The van der Waals surface area contributed by atoms with Gasteiger partial charge >= 0.3 is 11.8 Å². The van der Waals surface area contributed by atoms with Gasteiger partial charge in [0.25, 0.3) is 5.24 Å². The molecule has 0 aromatic heterocycles. The Morgan fingerprint density at radius 2 is 1.89 bits per heavy atom. The van der Waals surface area contributed by atoms with Gasteiger partial charge in [-0.3, -0.25) is 24.1 Å². The molecule has 1 aromatic carbocycles. The molecule has 0 spiro atoms. The highest BCUT2D eigenvalue weighted by molar-refractivity contribution is 8.14. The fourth-order valence-corrected chi connectivity index (χ4v) is 3.46. The third-order valence-electron chi connectivity index (χ3n) is 4.25. The molecule has 0 radical (unpaired) electrons. The van der Waals surface area contributed by atoms with E-state index in [2.05, 4.69) is 29.4 Å². The Bertz CT molecular complexity index is 733. The maximum Gasteiger partial charge on any atom is 0.313 e. The summed E-state index contributed by atoms with van der Waals surface area (Å²) in [7, 11) is 0. The fraction of sp³-hybridized carbons (Fsp3) is 0.444. The molecule has 1 aliphatic rings. The number of hydrogen-bond donors (Lipinski definition) is 2. The van der Waals surface area contributed by atoms with Crippen LogP contribution in [0.1, 0.15) is 19.4 Å². The summed E-state index contributed by atoms with van der Waals surface area (Å²) in [6.07, 6.45) is 0. The lowest BCUT2D eigenvalue weighted by Gasteiger charge is -2.22. The van der Waals surface area contributed by atoms with Crippen molar-refractivity contribution in [2.45, 2.75) is 20.8 Å². The van der Waals surface area contributed by atoms with Gasteiger partial charge in [0.1, 0.15) is 0 Å². The molecule has 4 amide bonds. The summed E-state index contributed by atoms with van der Waals surface area (Å²) in [6.45, 7) is 7.85. The van der Waals surface area contributed by atoms with Gasteiger partial charge in [0.15, 0.2) is 0 Å². The molecule has 0 saturated carbocycles. The predicted octanol–water partition coefficient (Wildman–Crippen LogP) is 1.59. The van der Waals surface area contributed by atoms with Crippen molar-refractivity contribution in [1.29, 1.82) is 0 Å². The molecule has 0 unspecified atom stereocenters. The van der Waals surface area contributed by atoms with E-state index in [-0.39, 0.29) is 30.0 Å². The van der Waals surface area contributed by atoms with Crippen LogP contribution >= 0.6 is 11.8 Å². The molecule has 0 aliphatic carbocycles. The number of benzene rings is 1. The van der Waals surface area contributed by atoms with E-state index in [1.54, 1.807) is 6.07 Å². The summed E-state index contributed by atoms with van der Waals surface area (Å²) in [5, 5.41) is 4.68. The predicted molar refractivity (Wildman–Crippen MR) is 106 cm³/mol. The van der Waals surface area contributed by atoms with Gasteiger partial charge in [-0.15, -0.1) is 0 Å². The monoisotopic (exact) mass is 392 g/mol. The van der Waals surface area contributed by atoms with E-state index in [1.165, 1.54) is 0 Å². The van der Waals surface area contributed by atoms with Crippen LogP contribution in [0, 0.1) is 6.92 Å². The van der Waals surface area contributed by atoms with Gasteiger partial charge in [0, 0.05) is 37.6 Å². The zero-order valence-electron chi connectivity index (χ0n) is 15.7. The molecule has 0 atom stereocenters. The molecular weight excluding hydrogens is 368 g/mol. The Morgan fingerprint density at radius 3 is 2.44 bits per heavy atom. The molecule has 1 fully saturated rings. The summed E-state index contributed by atoms with van der Waals surface area (Å²) in [5.74, 6) is -1.76. The summed E-state index contributed by atoms with van der Waals surface area (Å²) in [6, 6.07) is 5.63. The van der Waals surface area contributed by atoms with E-state index in [1.807, 2.05) is 19.1 Å². The molecule has 2 N–H and O–H groups in total. The van der Waals surface area contributed by atoms with Crippen molar-refractivity contribution in [2.24, 2.45) is 0 Å². The zero-order chi connectivity index (χ0) is 20.0. The maximum absolute atomic E-state index is 12.1. The zero-order valence-corrected chi connectivity index (χ0v) is 16.5. The molecule has 2 rings (SSSR count). The Labute approximate surface area is 162 Å². The molecule has 8 nitrogen and oxygen atoms in total. The Morgan fingerprint density at radius 1 is 1.19 bits per heavy atom. The van der Waals surface area contributed by atoms with E-state index in [0.717, 1.165) is 41.0 Å². The molecule has 27 heavy (non-hydrogen) atoms. The SMILES string of the molecule is CCN(CC)c1ccc(NC(=O)C(=O)NCCN2C(=O)CSC2=O)c(C)c1. The normalized spacial score (nSPS) is 13.7. The highest BCUT2D eigenvalue weighted by atomic mass is 32.2. The van der Waals surface area contributed by atoms with E-state index in [4.69, 9.17) is 0 Å². The van der Waals surface area contributed by atoms with Gasteiger partial charge in [-0.05, 0) is 44.5 Å². The van der Waals surface area contributed by atoms with Crippen molar-refractivity contribution in [2.75, 3.05) is 42.1 Å². The average Bonchev–Trinajstić information content (AvgIpc) is 2.96. The lowest BCUT2D eigenvalue weighted by atomic mass is 10.1. The van der Waals surface area contributed by atoms with E-state index >= 15 is 0 Å². The molecule has 1 saturated heterocycles. The molecule has 9 heteroatoms. The lowest BCUT2D eigenvalue weighted by molar-refractivity contribution is -0.136. The number of thioether (sulfide) groups is 1. The van der Waals surface area contributed by atoms with E-state index in [0.29, 0.717) is 5.69 Å². The third kappa shape index (κ3) is 5.22. The Hall–Kier alpha value is -2.55. The summed E-state index contributed by atoms with van der Waals surface area (Å²) in [5.41, 5.74) is 2.47. The smallest absolute Gasteiger partial charge is 0.313 e. The summed E-state index contributed by atoms with van der Waals surface area (Å²) in [4.78, 5) is 50.2. The highest BCUT2D eigenvalue weighted by Gasteiger charge is 2.29. The minimum atomic E-state index is -0.811. The van der Waals surface area contributed by atoms with Gasteiger partial charge in [-0.2, -0.15) is 0 Å². The second-order valence-corrected chi connectivity index (χ2v) is 6.91. The maximum atomic E-state index is 12.1. The number of rotatable bonds is 7. The number of amides is 4.